The quantitative estimate of drug-likeness (QED) is 0.615. The van der Waals surface area contributed by atoms with Gasteiger partial charge < -0.3 is 34.9 Å². The molecule has 1 fully saturated rings. The second-order valence-corrected chi connectivity index (χ2v) is 7.70. The van der Waals surface area contributed by atoms with E-state index in [2.05, 4.69) is 5.32 Å². The van der Waals surface area contributed by atoms with Crippen LogP contribution in [0.3, 0.4) is 0 Å². The Morgan fingerprint density at radius 2 is 1.66 bits per heavy atom. The van der Waals surface area contributed by atoms with E-state index < -0.39 is 0 Å². The van der Waals surface area contributed by atoms with Gasteiger partial charge in [0, 0.05) is 19.2 Å². The van der Waals surface area contributed by atoms with Crippen LogP contribution in [0.1, 0.15) is 28.8 Å². The van der Waals surface area contributed by atoms with Gasteiger partial charge in [-0.2, -0.15) is 0 Å². The zero-order valence-corrected chi connectivity index (χ0v) is 19.3. The monoisotopic (exact) mass is 443 g/mol. The van der Waals surface area contributed by atoms with Crippen molar-refractivity contribution >= 4 is 5.91 Å². The zero-order chi connectivity index (χ0) is 23.1. The first-order valence-electron chi connectivity index (χ1n) is 10.8. The number of nitrogens with one attached hydrogen (secondary N) is 1. The lowest BCUT2D eigenvalue weighted by Crippen LogP contribution is -2.44. The van der Waals surface area contributed by atoms with E-state index in [0.717, 1.165) is 37.9 Å². The highest BCUT2D eigenvalue weighted by Crippen LogP contribution is 2.48. The summed E-state index contributed by atoms with van der Waals surface area (Å²) >= 11 is 0. The Morgan fingerprint density at radius 3 is 2.22 bits per heavy atom. The number of hydrogen-bond acceptors (Lipinski definition) is 7. The summed E-state index contributed by atoms with van der Waals surface area (Å²) in [4.78, 5) is 15.2. The van der Waals surface area contributed by atoms with Crippen molar-refractivity contribution in [3.63, 3.8) is 0 Å². The number of ether oxygens (including phenoxy) is 4. The molecule has 1 heterocycles. The Bertz CT molecular complexity index is 911. The van der Waals surface area contributed by atoms with Crippen LogP contribution in [0, 0.1) is 0 Å². The van der Waals surface area contributed by atoms with Crippen molar-refractivity contribution in [2.24, 2.45) is 5.73 Å². The van der Waals surface area contributed by atoms with Gasteiger partial charge in [0.15, 0.2) is 11.5 Å². The number of methoxy groups -OCH3 is 3. The van der Waals surface area contributed by atoms with Crippen molar-refractivity contribution in [1.82, 2.24) is 10.2 Å². The largest absolute Gasteiger partial charge is 0.492 e. The second kappa shape index (κ2) is 11.1. The SMILES string of the molecule is COc1c(Oc2ccc(CCN)cc2)cc(C(=O)N(C)C2CCNCC2)c(OC)c1OC. The minimum Gasteiger partial charge on any atom is -0.492 e. The maximum absolute atomic E-state index is 13.5. The van der Waals surface area contributed by atoms with Crippen LogP contribution in [-0.4, -0.2) is 64.9 Å². The predicted octanol–water partition coefficient (Wildman–Crippen LogP) is 2.83. The summed E-state index contributed by atoms with van der Waals surface area (Å²) in [5.74, 6) is 1.82. The lowest BCUT2D eigenvalue weighted by Gasteiger charge is -2.32. The number of rotatable bonds is 9. The number of nitrogens with zero attached hydrogens (tertiary/aromatic N) is 1. The molecule has 32 heavy (non-hydrogen) atoms. The molecule has 0 spiro atoms. The summed E-state index contributed by atoms with van der Waals surface area (Å²) in [7, 11) is 6.37. The molecular formula is C24H33N3O5. The Hall–Kier alpha value is -2.97. The van der Waals surface area contributed by atoms with Crippen molar-refractivity contribution < 1.29 is 23.7 Å². The van der Waals surface area contributed by atoms with Gasteiger partial charge in [0.1, 0.15) is 5.75 Å². The minimum absolute atomic E-state index is 0.154. The molecule has 0 bridgehead atoms. The van der Waals surface area contributed by atoms with E-state index in [1.54, 1.807) is 11.0 Å². The topological polar surface area (TPSA) is 95.3 Å². The summed E-state index contributed by atoms with van der Waals surface area (Å²) in [6, 6.07) is 9.47. The van der Waals surface area contributed by atoms with E-state index in [0.29, 0.717) is 40.9 Å². The van der Waals surface area contributed by atoms with Crippen LogP contribution in [0.4, 0.5) is 0 Å². The van der Waals surface area contributed by atoms with Crippen LogP contribution in [-0.2, 0) is 6.42 Å². The first kappa shape index (κ1) is 23.7. The summed E-state index contributed by atoms with van der Waals surface area (Å²) in [5, 5.41) is 3.33. The first-order valence-corrected chi connectivity index (χ1v) is 10.8. The fraction of sp³-hybridized carbons (Fsp3) is 0.458. The molecule has 0 saturated carbocycles. The maximum atomic E-state index is 13.5. The van der Waals surface area contributed by atoms with E-state index in [1.165, 1.54) is 21.3 Å². The fourth-order valence-corrected chi connectivity index (χ4v) is 3.98. The summed E-state index contributed by atoms with van der Waals surface area (Å²) in [6.45, 7) is 2.36. The number of nitrogens with two attached hydrogens (primary N) is 1. The molecule has 8 nitrogen and oxygen atoms in total. The molecule has 1 amide bonds. The highest BCUT2D eigenvalue weighted by Gasteiger charge is 2.30. The molecule has 1 aliphatic heterocycles. The van der Waals surface area contributed by atoms with E-state index in [-0.39, 0.29) is 11.9 Å². The highest BCUT2D eigenvalue weighted by atomic mass is 16.5. The van der Waals surface area contributed by atoms with Crippen LogP contribution in [0.5, 0.6) is 28.7 Å². The number of hydrogen-bond donors (Lipinski definition) is 2. The van der Waals surface area contributed by atoms with Gasteiger partial charge in [-0.1, -0.05) is 12.1 Å². The Morgan fingerprint density at radius 1 is 1.03 bits per heavy atom. The lowest BCUT2D eigenvalue weighted by molar-refractivity contribution is 0.0698. The average molecular weight is 444 g/mol. The van der Waals surface area contributed by atoms with Crippen molar-refractivity contribution in [1.29, 1.82) is 0 Å². The summed E-state index contributed by atoms with van der Waals surface area (Å²) < 4.78 is 22.9. The molecule has 1 aliphatic rings. The number of piperidine rings is 1. The van der Waals surface area contributed by atoms with Gasteiger partial charge in [-0.05, 0) is 56.6 Å². The standard InChI is InChI=1S/C24H33N3O5/c1-27(17-10-13-26-14-11-17)24(28)19-15-20(22(30-3)23(31-4)21(19)29-2)32-18-7-5-16(6-8-18)9-12-25/h5-8,15,17,26H,9-14,25H2,1-4H3. The molecule has 2 aromatic rings. The number of carbonyl (C=O) groups is 1. The Kier molecular flexibility index (Phi) is 8.19. The van der Waals surface area contributed by atoms with E-state index in [9.17, 15) is 4.79 Å². The molecule has 0 unspecified atom stereocenters. The molecule has 1 saturated heterocycles. The molecule has 0 atom stereocenters. The Balaban J connectivity index is 2.00. The third-order valence-electron chi connectivity index (χ3n) is 5.76. The van der Waals surface area contributed by atoms with E-state index >= 15 is 0 Å². The van der Waals surface area contributed by atoms with E-state index in [4.69, 9.17) is 24.7 Å². The highest BCUT2D eigenvalue weighted by molar-refractivity contribution is 5.99. The molecule has 2 aromatic carbocycles. The third-order valence-corrected chi connectivity index (χ3v) is 5.76. The number of amides is 1. The van der Waals surface area contributed by atoms with Gasteiger partial charge in [-0.3, -0.25) is 4.79 Å². The number of carbonyl (C=O) groups excluding carboxylic acids is 1. The second-order valence-electron chi connectivity index (χ2n) is 7.70. The fourth-order valence-electron chi connectivity index (χ4n) is 3.98. The lowest BCUT2D eigenvalue weighted by atomic mass is 10.0. The molecule has 3 N–H and O–H groups in total. The molecule has 174 valence electrons. The smallest absolute Gasteiger partial charge is 0.257 e. The summed E-state index contributed by atoms with van der Waals surface area (Å²) in [6.07, 6.45) is 2.59. The van der Waals surface area contributed by atoms with Gasteiger partial charge in [0.25, 0.3) is 5.91 Å². The van der Waals surface area contributed by atoms with Crippen LogP contribution >= 0.6 is 0 Å². The normalized spacial score (nSPS) is 14.0. The predicted molar refractivity (Wildman–Crippen MR) is 123 cm³/mol. The third kappa shape index (κ3) is 5.08. The van der Waals surface area contributed by atoms with Gasteiger partial charge >= 0.3 is 0 Å². The molecule has 8 heteroatoms. The molecular weight excluding hydrogens is 410 g/mol. The van der Waals surface area contributed by atoms with Crippen LogP contribution < -0.4 is 30.0 Å². The van der Waals surface area contributed by atoms with Crippen LogP contribution in [0.2, 0.25) is 0 Å². The molecule has 0 aliphatic carbocycles. The van der Waals surface area contributed by atoms with Gasteiger partial charge in [-0.25, -0.2) is 0 Å². The minimum atomic E-state index is -0.155. The van der Waals surface area contributed by atoms with Crippen molar-refractivity contribution in [3.8, 4) is 28.7 Å². The van der Waals surface area contributed by atoms with Crippen LogP contribution in [0.25, 0.3) is 0 Å². The van der Waals surface area contributed by atoms with Crippen molar-refractivity contribution in [2.75, 3.05) is 48.0 Å². The van der Waals surface area contributed by atoms with Gasteiger partial charge in [0.05, 0.1) is 26.9 Å². The first-order chi connectivity index (χ1) is 15.5. The number of benzene rings is 2. The summed E-state index contributed by atoms with van der Waals surface area (Å²) in [5.41, 5.74) is 7.12. The molecule has 0 radical (unpaired) electrons. The van der Waals surface area contributed by atoms with Crippen molar-refractivity contribution in [2.45, 2.75) is 25.3 Å². The molecule has 0 aromatic heterocycles. The van der Waals surface area contributed by atoms with E-state index in [1.807, 2.05) is 31.3 Å². The Labute approximate surface area is 189 Å². The molecule has 3 rings (SSSR count). The maximum Gasteiger partial charge on any atom is 0.257 e. The average Bonchev–Trinajstić information content (AvgIpc) is 2.84. The zero-order valence-electron chi connectivity index (χ0n) is 19.3. The van der Waals surface area contributed by atoms with Gasteiger partial charge in [-0.15, -0.1) is 0 Å². The van der Waals surface area contributed by atoms with Gasteiger partial charge in [0.2, 0.25) is 11.5 Å². The van der Waals surface area contributed by atoms with Crippen molar-refractivity contribution in [3.05, 3.63) is 41.5 Å². The van der Waals surface area contributed by atoms with Crippen LogP contribution in [0.15, 0.2) is 30.3 Å².